The van der Waals surface area contributed by atoms with Crippen LogP contribution in [-0.4, -0.2) is 38.7 Å². The highest BCUT2D eigenvalue weighted by Crippen LogP contribution is 2.35. The zero-order valence-corrected chi connectivity index (χ0v) is 16.6. The number of rotatable bonds is 10. The van der Waals surface area contributed by atoms with Crippen molar-refractivity contribution in [3.8, 4) is 0 Å². The number of carbonyl (C=O) groups is 1. The molecule has 0 unspecified atom stereocenters. The third kappa shape index (κ3) is 7.29. The molecule has 0 radical (unpaired) electrons. The fraction of sp³-hybridized carbons (Fsp3) is 0.533. The third-order valence-corrected chi connectivity index (χ3v) is 5.96. The Balaban J connectivity index is 0.00000529. The first-order valence-corrected chi connectivity index (χ1v) is 9.75. The first kappa shape index (κ1) is 23.0. The molecule has 0 atom stereocenters. The molecule has 1 aromatic heterocycles. The molecule has 0 saturated heterocycles. The highest BCUT2D eigenvalue weighted by Gasteiger charge is 2.14. The number of nitrogens with two attached hydrogens (primary N) is 1. The Morgan fingerprint density at radius 1 is 1.50 bits per heavy atom. The average Bonchev–Trinajstić information content (AvgIpc) is 2.53. The number of nitrogens with zero attached hydrogens (tertiary/aromatic N) is 3. The van der Waals surface area contributed by atoms with Crippen LogP contribution in [-0.2, 0) is 11.3 Å². The molecular formula is C15H25ClN4O2S2. The van der Waals surface area contributed by atoms with E-state index >= 15 is 0 Å². The Hall–Kier alpha value is -0.960. The molecule has 24 heavy (non-hydrogen) atoms. The second kappa shape index (κ2) is 12.4. The van der Waals surface area contributed by atoms with Crippen molar-refractivity contribution >= 4 is 46.2 Å². The van der Waals surface area contributed by atoms with Crippen molar-refractivity contribution in [2.45, 2.75) is 40.2 Å². The molecule has 0 aliphatic rings. The lowest BCUT2D eigenvalue weighted by atomic mass is 10.2. The largest absolute Gasteiger partial charge is 0.396 e. The van der Waals surface area contributed by atoms with Gasteiger partial charge in [0, 0.05) is 41.1 Å². The van der Waals surface area contributed by atoms with Gasteiger partial charge in [0.25, 0.3) is 0 Å². The first-order chi connectivity index (χ1) is 11.0. The van der Waals surface area contributed by atoms with Crippen LogP contribution >= 0.6 is 34.0 Å². The molecule has 1 amide bonds. The molecule has 0 bridgehead atoms. The van der Waals surface area contributed by atoms with E-state index in [1.807, 2.05) is 6.92 Å². The van der Waals surface area contributed by atoms with Crippen LogP contribution in [0.2, 0.25) is 0 Å². The Kier molecular flexibility index (Phi) is 11.9. The zero-order chi connectivity index (χ0) is 17.2. The molecule has 0 aliphatic carbocycles. The minimum atomic E-state index is 0. The van der Waals surface area contributed by atoms with Crippen molar-refractivity contribution in [2.24, 2.45) is 0 Å². The normalized spacial score (nSPS) is 11.5. The van der Waals surface area contributed by atoms with E-state index in [0.717, 1.165) is 29.2 Å². The number of aromatic nitrogens is 2. The van der Waals surface area contributed by atoms with Crippen LogP contribution in [0.4, 0.5) is 5.82 Å². The second-order valence-electron chi connectivity index (χ2n) is 4.95. The number of hydrogen-bond donors (Lipinski definition) is 2. The summed E-state index contributed by atoms with van der Waals surface area (Å²) in [6.45, 7) is 6.13. The first-order valence-electron chi connectivity index (χ1n) is 7.43. The lowest BCUT2D eigenvalue weighted by Crippen LogP contribution is -2.21. The summed E-state index contributed by atoms with van der Waals surface area (Å²) in [5.74, 6) is 2.00. The van der Waals surface area contributed by atoms with Crippen LogP contribution in [0.5, 0.6) is 0 Å². The van der Waals surface area contributed by atoms with Gasteiger partial charge in [0.15, 0.2) is 0 Å². The Morgan fingerprint density at radius 2 is 2.21 bits per heavy atom. The van der Waals surface area contributed by atoms with E-state index in [1.54, 1.807) is 39.6 Å². The van der Waals surface area contributed by atoms with Crippen LogP contribution in [0, 0.1) is 6.92 Å². The van der Waals surface area contributed by atoms with Gasteiger partial charge in [-0.05, 0) is 20.3 Å². The van der Waals surface area contributed by atoms with Crippen molar-refractivity contribution < 1.29 is 9.90 Å². The van der Waals surface area contributed by atoms with Gasteiger partial charge >= 0.3 is 0 Å². The number of nitrogen functional groups attached to an aromatic ring is 1. The average molecular weight is 393 g/mol. The van der Waals surface area contributed by atoms with E-state index in [9.17, 15) is 9.90 Å². The minimum Gasteiger partial charge on any atom is -0.396 e. The van der Waals surface area contributed by atoms with Gasteiger partial charge < -0.3 is 15.7 Å². The topological polar surface area (TPSA) is 92.3 Å². The highest BCUT2D eigenvalue weighted by molar-refractivity contribution is 8.78. The van der Waals surface area contributed by atoms with Crippen molar-refractivity contribution in [3.63, 3.8) is 0 Å². The maximum absolute atomic E-state index is 11.5. The molecule has 0 spiro atoms. The van der Waals surface area contributed by atoms with Crippen LogP contribution in [0.25, 0.3) is 0 Å². The molecule has 1 aromatic rings. The van der Waals surface area contributed by atoms with Gasteiger partial charge in [-0.25, -0.2) is 9.97 Å². The van der Waals surface area contributed by atoms with Gasteiger partial charge in [-0.3, -0.25) is 4.79 Å². The van der Waals surface area contributed by atoms with E-state index < -0.39 is 0 Å². The Labute approximate surface area is 157 Å². The number of amides is 1. The zero-order valence-electron chi connectivity index (χ0n) is 14.2. The summed E-state index contributed by atoms with van der Waals surface area (Å²) in [4.78, 5) is 22.3. The lowest BCUT2D eigenvalue weighted by Gasteiger charge is -2.22. The van der Waals surface area contributed by atoms with Crippen LogP contribution in [0.1, 0.15) is 38.1 Å². The van der Waals surface area contributed by atoms with Crippen LogP contribution < -0.4 is 5.73 Å². The monoisotopic (exact) mass is 392 g/mol. The number of aliphatic hydroxyl groups excluding tert-OH is 1. The molecule has 1 rings (SSSR count). The quantitative estimate of drug-likeness (QED) is 0.359. The summed E-state index contributed by atoms with van der Waals surface area (Å²) < 4.78 is 0. The molecule has 1 heterocycles. The highest BCUT2D eigenvalue weighted by atomic mass is 35.5. The standard InChI is InChI=1S/C15H24N4O2S2.ClH/c1-4-7-22-23-14(5-6-20)11(2)19(10-21)9-13-8-17-12(3)18-15(13)16;/h8,10,20H,4-7,9H2,1-3H3,(H2,16,17,18);1H/b14-11+;. The number of hydrogen-bond acceptors (Lipinski definition) is 7. The fourth-order valence-electron chi connectivity index (χ4n) is 1.79. The molecule has 6 nitrogen and oxygen atoms in total. The second-order valence-corrected chi connectivity index (χ2v) is 7.46. The summed E-state index contributed by atoms with van der Waals surface area (Å²) in [6, 6.07) is 0. The Bertz CT molecular complexity index is 558. The van der Waals surface area contributed by atoms with E-state index in [2.05, 4.69) is 16.9 Å². The number of allylic oxidation sites excluding steroid dienone is 1. The third-order valence-electron chi connectivity index (χ3n) is 3.11. The van der Waals surface area contributed by atoms with E-state index in [-0.39, 0.29) is 19.0 Å². The molecule has 3 N–H and O–H groups in total. The smallest absolute Gasteiger partial charge is 0.214 e. The van der Waals surface area contributed by atoms with Gasteiger partial charge in [0.05, 0.1) is 6.54 Å². The summed E-state index contributed by atoms with van der Waals surface area (Å²) >= 11 is 0. The van der Waals surface area contributed by atoms with Gasteiger partial charge in [-0.1, -0.05) is 28.5 Å². The maximum atomic E-state index is 11.5. The van der Waals surface area contributed by atoms with Crippen molar-refractivity contribution in [1.82, 2.24) is 14.9 Å². The predicted octanol–water partition coefficient (Wildman–Crippen LogP) is 3.15. The number of aliphatic hydroxyl groups is 1. The summed E-state index contributed by atoms with van der Waals surface area (Å²) in [5, 5.41) is 9.26. The van der Waals surface area contributed by atoms with Crippen LogP contribution in [0.15, 0.2) is 16.8 Å². The van der Waals surface area contributed by atoms with Crippen molar-refractivity contribution in [2.75, 3.05) is 18.1 Å². The molecule has 0 saturated carbocycles. The van der Waals surface area contributed by atoms with Gasteiger partial charge in [-0.2, -0.15) is 0 Å². The van der Waals surface area contributed by atoms with Crippen molar-refractivity contribution in [1.29, 1.82) is 0 Å². The molecule has 0 aromatic carbocycles. The molecule has 0 aliphatic heterocycles. The number of aryl methyl sites for hydroxylation is 1. The van der Waals surface area contributed by atoms with Gasteiger partial charge in [-0.15, -0.1) is 12.4 Å². The van der Waals surface area contributed by atoms with Gasteiger partial charge in [0.2, 0.25) is 6.41 Å². The summed E-state index contributed by atoms with van der Waals surface area (Å²) in [7, 11) is 3.34. The maximum Gasteiger partial charge on any atom is 0.214 e. The SMILES string of the molecule is CCCSS/C(CCO)=C(\C)N(C=O)Cc1cnc(C)nc1N.Cl. The molecule has 9 heteroatoms. The van der Waals surface area contributed by atoms with Crippen LogP contribution in [0.3, 0.4) is 0 Å². The fourth-order valence-corrected chi connectivity index (χ4v) is 4.39. The predicted molar refractivity (Wildman–Crippen MR) is 105 cm³/mol. The number of carbonyl (C=O) groups excluding carboxylic acids is 1. The molecule has 136 valence electrons. The lowest BCUT2D eigenvalue weighted by molar-refractivity contribution is -0.116. The van der Waals surface area contributed by atoms with Crippen molar-refractivity contribution in [3.05, 3.63) is 28.2 Å². The summed E-state index contributed by atoms with van der Waals surface area (Å²) in [5.41, 5.74) is 7.43. The number of anilines is 1. The van der Waals surface area contributed by atoms with Gasteiger partial charge in [0.1, 0.15) is 11.6 Å². The minimum absolute atomic E-state index is 0. The van der Waals surface area contributed by atoms with E-state index in [1.165, 1.54) is 0 Å². The number of halogens is 1. The molecule has 0 fully saturated rings. The molecular weight excluding hydrogens is 368 g/mol. The summed E-state index contributed by atoms with van der Waals surface area (Å²) in [6.07, 6.45) is 4.03. The van der Waals surface area contributed by atoms with E-state index in [0.29, 0.717) is 30.2 Å². The van der Waals surface area contributed by atoms with E-state index in [4.69, 9.17) is 5.73 Å². The Morgan fingerprint density at radius 3 is 2.75 bits per heavy atom.